The predicted octanol–water partition coefficient (Wildman–Crippen LogP) is -0.686. The van der Waals surface area contributed by atoms with Crippen molar-refractivity contribution in [2.45, 2.75) is 12.2 Å². The smallest absolute Gasteiger partial charge is 0.260 e. The Bertz CT molecular complexity index is 307. The quantitative estimate of drug-likeness (QED) is 0.305. The second-order valence-electron chi connectivity index (χ2n) is 3.49. The van der Waals surface area contributed by atoms with Gasteiger partial charge in [0.2, 0.25) is 0 Å². The summed E-state index contributed by atoms with van der Waals surface area (Å²) in [6.45, 7) is 0. The third-order valence-corrected chi connectivity index (χ3v) is 2.89. The third kappa shape index (κ3) is 0.653. The van der Waals surface area contributed by atoms with Crippen LogP contribution in [-0.2, 0) is 14.3 Å². The van der Waals surface area contributed by atoms with E-state index in [0.717, 1.165) is 0 Å². The van der Waals surface area contributed by atoms with Crippen LogP contribution >= 0.6 is 0 Å². The van der Waals surface area contributed by atoms with Crippen LogP contribution < -0.4 is 0 Å². The number of carbonyl (C=O) groups is 2. The van der Waals surface area contributed by atoms with Crippen LogP contribution in [-0.4, -0.2) is 34.3 Å². The third-order valence-electron chi connectivity index (χ3n) is 2.89. The van der Waals surface area contributed by atoms with Crippen LogP contribution in [0.5, 0.6) is 0 Å². The number of imide groups is 1. The van der Waals surface area contributed by atoms with Crippen LogP contribution in [0, 0.1) is 11.8 Å². The summed E-state index contributed by atoms with van der Waals surface area (Å²) in [5, 5.41) is 9.31. The van der Waals surface area contributed by atoms with Crippen molar-refractivity contribution in [3.63, 3.8) is 0 Å². The first-order chi connectivity index (χ1) is 6.20. The molecular formula is C8H7NO4. The van der Waals surface area contributed by atoms with Gasteiger partial charge in [-0.15, -0.1) is 0 Å². The number of rotatable bonds is 0. The van der Waals surface area contributed by atoms with Crippen molar-refractivity contribution in [1.29, 1.82) is 0 Å². The van der Waals surface area contributed by atoms with E-state index in [1.165, 1.54) is 0 Å². The molecule has 0 saturated carbocycles. The number of hydrogen-bond donors (Lipinski definition) is 1. The average Bonchev–Trinajstić information content (AvgIpc) is 2.76. The maximum Gasteiger partial charge on any atom is 0.260 e. The van der Waals surface area contributed by atoms with E-state index in [1.54, 1.807) is 12.2 Å². The molecule has 3 heterocycles. The molecule has 13 heavy (non-hydrogen) atoms. The molecule has 5 heteroatoms. The van der Waals surface area contributed by atoms with Crippen molar-refractivity contribution in [3.05, 3.63) is 12.2 Å². The minimum Gasteiger partial charge on any atom is -0.365 e. The first-order valence-electron chi connectivity index (χ1n) is 4.10. The topological polar surface area (TPSA) is 66.8 Å². The lowest BCUT2D eigenvalue weighted by molar-refractivity contribution is -0.175. The van der Waals surface area contributed by atoms with E-state index in [9.17, 15) is 9.59 Å². The Kier molecular flexibility index (Phi) is 1.11. The second kappa shape index (κ2) is 2.00. The number of amides is 2. The van der Waals surface area contributed by atoms with Gasteiger partial charge in [0.1, 0.15) is 0 Å². The first-order valence-corrected chi connectivity index (χ1v) is 4.10. The van der Waals surface area contributed by atoms with Crippen molar-refractivity contribution in [2.24, 2.45) is 11.8 Å². The summed E-state index contributed by atoms with van der Waals surface area (Å²) in [7, 11) is 0. The van der Waals surface area contributed by atoms with Crippen LogP contribution in [0.3, 0.4) is 0 Å². The Balaban J connectivity index is 2.08. The lowest BCUT2D eigenvalue weighted by Crippen LogP contribution is -2.31. The van der Waals surface area contributed by atoms with Gasteiger partial charge in [-0.05, 0) is 0 Å². The largest absolute Gasteiger partial charge is 0.365 e. The molecule has 4 atom stereocenters. The molecule has 3 aliphatic heterocycles. The SMILES string of the molecule is O=C1[C@@H]2[C@@H](C(=O)N1O)[C@H]1C=C[C@H]2O1. The Morgan fingerprint density at radius 2 is 1.62 bits per heavy atom. The minimum absolute atomic E-state index is 0.227. The molecule has 0 aromatic rings. The number of hydrogen-bond acceptors (Lipinski definition) is 4. The highest BCUT2D eigenvalue weighted by molar-refractivity contribution is 6.05. The Morgan fingerprint density at radius 1 is 1.15 bits per heavy atom. The van der Waals surface area contributed by atoms with E-state index < -0.39 is 23.7 Å². The molecule has 68 valence electrons. The van der Waals surface area contributed by atoms with E-state index in [0.29, 0.717) is 0 Å². The lowest BCUT2D eigenvalue weighted by Gasteiger charge is -2.09. The molecule has 0 spiro atoms. The molecule has 0 unspecified atom stereocenters. The van der Waals surface area contributed by atoms with Crippen LogP contribution in [0.4, 0.5) is 0 Å². The maximum absolute atomic E-state index is 11.3. The van der Waals surface area contributed by atoms with Crippen molar-refractivity contribution < 1.29 is 19.5 Å². The van der Waals surface area contributed by atoms with Gasteiger partial charge >= 0.3 is 0 Å². The van der Waals surface area contributed by atoms with E-state index in [1.807, 2.05) is 0 Å². The molecule has 0 radical (unpaired) electrons. The molecule has 3 aliphatic rings. The first kappa shape index (κ1) is 7.23. The highest BCUT2D eigenvalue weighted by atomic mass is 16.5. The molecule has 0 aliphatic carbocycles. The van der Waals surface area contributed by atoms with Gasteiger partial charge in [-0.2, -0.15) is 5.06 Å². The van der Waals surface area contributed by atoms with Gasteiger partial charge in [0, 0.05) is 0 Å². The summed E-state index contributed by atoms with van der Waals surface area (Å²) in [5.41, 5.74) is 0. The van der Waals surface area contributed by atoms with Gasteiger partial charge in [0.25, 0.3) is 11.8 Å². The number of ether oxygens (including phenoxy) is 1. The fourth-order valence-corrected chi connectivity index (χ4v) is 2.29. The normalized spacial score (nSPS) is 46.4. The van der Waals surface area contributed by atoms with Crippen molar-refractivity contribution in [2.75, 3.05) is 0 Å². The van der Waals surface area contributed by atoms with Crippen molar-refractivity contribution in [1.82, 2.24) is 5.06 Å². The van der Waals surface area contributed by atoms with Gasteiger partial charge in [0.05, 0.1) is 24.0 Å². The van der Waals surface area contributed by atoms with E-state index >= 15 is 0 Å². The summed E-state index contributed by atoms with van der Waals surface area (Å²) >= 11 is 0. The average molecular weight is 181 g/mol. The van der Waals surface area contributed by atoms with Gasteiger partial charge in [-0.3, -0.25) is 14.8 Å². The predicted molar refractivity (Wildman–Crippen MR) is 38.4 cm³/mol. The summed E-state index contributed by atoms with van der Waals surface area (Å²) < 4.78 is 5.34. The number of nitrogens with zero attached hydrogens (tertiary/aromatic N) is 1. The van der Waals surface area contributed by atoms with Crippen LogP contribution in [0.1, 0.15) is 0 Å². The van der Waals surface area contributed by atoms with Crippen molar-refractivity contribution in [3.8, 4) is 0 Å². The standard InChI is InChI=1S/C8H7NO4/c10-7-5-3-1-2-4(13-3)6(5)8(11)9(7)12/h1-6,12H/t3-,4-,5+,6+/m1/s1. The van der Waals surface area contributed by atoms with E-state index in [2.05, 4.69) is 0 Å². The molecule has 2 amide bonds. The van der Waals surface area contributed by atoms with Crippen LogP contribution in [0.15, 0.2) is 12.2 Å². The monoisotopic (exact) mass is 181 g/mol. The molecule has 2 saturated heterocycles. The van der Waals surface area contributed by atoms with Gasteiger partial charge < -0.3 is 4.74 Å². The zero-order chi connectivity index (χ0) is 9.16. The highest BCUT2D eigenvalue weighted by Crippen LogP contribution is 2.44. The zero-order valence-corrected chi connectivity index (χ0v) is 6.58. The summed E-state index contributed by atoms with van der Waals surface area (Å²) in [6.07, 6.45) is 2.92. The maximum atomic E-state index is 11.3. The fraction of sp³-hybridized carbons (Fsp3) is 0.500. The van der Waals surface area contributed by atoms with Gasteiger partial charge in [-0.1, -0.05) is 12.2 Å². The van der Waals surface area contributed by atoms with E-state index in [4.69, 9.17) is 9.94 Å². The molecule has 0 aromatic carbocycles. The molecule has 2 bridgehead atoms. The molecule has 5 nitrogen and oxygen atoms in total. The summed E-state index contributed by atoms with van der Waals surface area (Å²) in [4.78, 5) is 22.7. The van der Waals surface area contributed by atoms with Crippen LogP contribution in [0.25, 0.3) is 0 Å². The molecule has 3 rings (SSSR count). The number of carbonyl (C=O) groups excluding carboxylic acids is 2. The molecule has 0 aromatic heterocycles. The summed E-state index contributed by atoms with van der Waals surface area (Å²) in [6, 6.07) is 0. The Morgan fingerprint density at radius 3 is 2.08 bits per heavy atom. The number of fused-ring (bicyclic) bond motifs is 5. The lowest BCUT2D eigenvalue weighted by atomic mass is 9.85. The number of hydroxylamine groups is 2. The van der Waals surface area contributed by atoms with E-state index in [-0.39, 0.29) is 17.3 Å². The fourth-order valence-electron chi connectivity index (χ4n) is 2.29. The van der Waals surface area contributed by atoms with Crippen LogP contribution in [0.2, 0.25) is 0 Å². The minimum atomic E-state index is -0.535. The molecular weight excluding hydrogens is 174 g/mol. The zero-order valence-electron chi connectivity index (χ0n) is 6.58. The van der Waals surface area contributed by atoms with Gasteiger partial charge in [-0.25, -0.2) is 0 Å². The molecule has 1 N–H and O–H groups in total. The Hall–Kier alpha value is -1.20. The Labute approximate surface area is 73.5 Å². The second-order valence-corrected chi connectivity index (χ2v) is 3.49. The summed E-state index contributed by atoms with van der Waals surface area (Å²) in [5.74, 6) is -2.06. The molecule has 2 fully saturated rings. The van der Waals surface area contributed by atoms with Gasteiger partial charge in [0.15, 0.2) is 0 Å². The van der Waals surface area contributed by atoms with Crippen molar-refractivity contribution >= 4 is 11.8 Å². The highest BCUT2D eigenvalue weighted by Gasteiger charge is 2.60.